The minimum atomic E-state index is -0.580. The summed E-state index contributed by atoms with van der Waals surface area (Å²) in [5, 5.41) is 0. The third-order valence-electron chi connectivity index (χ3n) is 5.44. The van der Waals surface area contributed by atoms with Crippen molar-refractivity contribution < 1.29 is 14.3 Å². The van der Waals surface area contributed by atoms with Gasteiger partial charge in [0.15, 0.2) is 0 Å². The molecule has 0 aromatic rings. The molecule has 1 unspecified atom stereocenters. The third kappa shape index (κ3) is 4.81. The van der Waals surface area contributed by atoms with Gasteiger partial charge in [0, 0.05) is 19.7 Å². The number of likely N-dealkylation sites (tertiary alicyclic amines) is 1. The molecule has 0 spiro atoms. The van der Waals surface area contributed by atoms with E-state index in [-0.39, 0.29) is 30.5 Å². The number of rotatable bonds is 4. The van der Waals surface area contributed by atoms with E-state index in [0.29, 0.717) is 6.61 Å². The summed E-state index contributed by atoms with van der Waals surface area (Å²) in [6.45, 7) is 3.15. The summed E-state index contributed by atoms with van der Waals surface area (Å²) in [5.41, 5.74) is 5.71. The maximum absolute atomic E-state index is 12.6. The number of piperidine rings is 1. The number of carbonyl (C=O) groups excluding carboxylic acids is 1. The molecule has 0 aromatic heterocycles. The number of hydrogen-bond donors (Lipinski definition) is 1. The number of ether oxygens (including phenoxy) is 2. The van der Waals surface area contributed by atoms with E-state index >= 15 is 0 Å². The van der Waals surface area contributed by atoms with Crippen LogP contribution in [0.2, 0.25) is 0 Å². The van der Waals surface area contributed by atoms with E-state index < -0.39 is 5.54 Å². The second-order valence-corrected chi connectivity index (χ2v) is 7.18. The normalized spacial score (nSPS) is 28.4. The largest absolute Gasteiger partial charge is 0.376 e. The molecule has 0 bridgehead atoms. The first-order valence-electron chi connectivity index (χ1n) is 8.99. The van der Waals surface area contributed by atoms with Crippen molar-refractivity contribution in [2.75, 3.05) is 26.3 Å². The predicted octanol–water partition coefficient (Wildman–Crippen LogP) is 2.26. The monoisotopic (exact) mass is 346 g/mol. The summed E-state index contributed by atoms with van der Waals surface area (Å²) in [4.78, 5) is 14.5. The average Bonchev–Trinajstić information content (AvgIpc) is 3.02. The molecule has 1 amide bonds. The highest BCUT2D eigenvalue weighted by Crippen LogP contribution is 2.30. The number of hydrogen-bond acceptors (Lipinski definition) is 4. The molecule has 1 atom stereocenters. The fourth-order valence-electron chi connectivity index (χ4n) is 3.94. The van der Waals surface area contributed by atoms with Crippen LogP contribution in [0.15, 0.2) is 0 Å². The lowest BCUT2D eigenvalue weighted by Gasteiger charge is -2.37. The van der Waals surface area contributed by atoms with Crippen LogP contribution in [0.3, 0.4) is 0 Å². The Morgan fingerprint density at radius 2 is 1.83 bits per heavy atom. The summed E-state index contributed by atoms with van der Waals surface area (Å²) >= 11 is 0. The topological polar surface area (TPSA) is 64.8 Å². The van der Waals surface area contributed by atoms with Gasteiger partial charge in [0.2, 0.25) is 5.91 Å². The molecule has 23 heavy (non-hydrogen) atoms. The molecule has 6 heteroatoms. The molecule has 3 fully saturated rings. The van der Waals surface area contributed by atoms with Gasteiger partial charge in [0.05, 0.1) is 24.4 Å². The summed E-state index contributed by atoms with van der Waals surface area (Å²) in [6, 6.07) is 0. The van der Waals surface area contributed by atoms with Crippen molar-refractivity contribution in [1.29, 1.82) is 0 Å². The van der Waals surface area contributed by atoms with Gasteiger partial charge in [-0.15, -0.1) is 12.4 Å². The minimum absolute atomic E-state index is 0. The second kappa shape index (κ2) is 8.65. The van der Waals surface area contributed by atoms with Crippen LogP contribution >= 0.6 is 12.4 Å². The number of carbonyl (C=O) groups is 1. The van der Waals surface area contributed by atoms with Crippen molar-refractivity contribution in [3.05, 3.63) is 0 Å². The predicted molar refractivity (Wildman–Crippen MR) is 91.8 cm³/mol. The Bertz CT molecular complexity index is 374. The van der Waals surface area contributed by atoms with E-state index in [0.717, 1.165) is 64.6 Å². The van der Waals surface area contributed by atoms with Gasteiger partial charge >= 0.3 is 0 Å². The zero-order chi connectivity index (χ0) is 15.4. The molecule has 2 aliphatic heterocycles. The fraction of sp³-hybridized carbons (Fsp3) is 0.941. The highest BCUT2D eigenvalue weighted by Gasteiger charge is 2.40. The van der Waals surface area contributed by atoms with Gasteiger partial charge < -0.3 is 20.1 Å². The molecule has 2 heterocycles. The van der Waals surface area contributed by atoms with Crippen LogP contribution < -0.4 is 5.73 Å². The molecule has 2 N–H and O–H groups in total. The van der Waals surface area contributed by atoms with Crippen LogP contribution in [0, 0.1) is 0 Å². The van der Waals surface area contributed by atoms with Crippen molar-refractivity contribution in [1.82, 2.24) is 4.90 Å². The summed E-state index contributed by atoms with van der Waals surface area (Å²) in [5.74, 6) is 0.166. The SMILES string of the molecule is Cl.NC1(C(=O)N2CCC(OCC3CCCCO3)CC2)CCCC1. The highest BCUT2D eigenvalue weighted by atomic mass is 35.5. The van der Waals surface area contributed by atoms with Crippen LogP contribution in [0.5, 0.6) is 0 Å². The van der Waals surface area contributed by atoms with Gasteiger partial charge in [-0.1, -0.05) is 12.8 Å². The van der Waals surface area contributed by atoms with Crippen molar-refractivity contribution in [3.8, 4) is 0 Å². The first-order valence-corrected chi connectivity index (χ1v) is 8.99. The lowest BCUT2D eigenvalue weighted by atomic mass is 9.95. The molecule has 134 valence electrons. The lowest BCUT2D eigenvalue weighted by molar-refractivity contribution is -0.140. The first-order chi connectivity index (χ1) is 10.7. The van der Waals surface area contributed by atoms with E-state index in [1.54, 1.807) is 0 Å². The molecule has 3 aliphatic rings. The van der Waals surface area contributed by atoms with Gasteiger partial charge in [-0.25, -0.2) is 0 Å². The van der Waals surface area contributed by atoms with Crippen LogP contribution in [0.4, 0.5) is 0 Å². The van der Waals surface area contributed by atoms with Crippen LogP contribution in [0.1, 0.15) is 57.8 Å². The Labute approximate surface area is 145 Å². The molecule has 1 saturated carbocycles. The smallest absolute Gasteiger partial charge is 0.242 e. The van der Waals surface area contributed by atoms with Crippen molar-refractivity contribution in [3.63, 3.8) is 0 Å². The van der Waals surface area contributed by atoms with Crippen molar-refractivity contribution in [2.24, 2.45) is 5.73 Å². The highest BCUT2D eigenvalue weighted by molar-refractivity contribution is 5.86. The van der Waals surface area contributed by atoms with E-state index in [9.17, 15) is 4.79 Å². The summed E-state index contributed by atoms with van der Waals surface area (Å²) in [6.07, 6.45) is 9.81. The van der Waals surface area contributed by atoms with E-state index in [1.165, 1.54) is 12.8 Å². The standard InChI is InChI=1S/C17H30N2O3.ClH/c18-17(8-2-3-9-17)16(20)19-10-6-14(7-11-19)22-13-15-5-1-4-12-21-15;/h14-15H,1-13,18H2;1H. The van der Waals surface area contributed by atoms with Crippen LogP contribution in [-0.4, -0.2) is 54.9 Å². The minimum Gasteiger partial charge on any atom is -0.376 e. The van der Waals surface area contributed by atoms with E-state index in [1.807, 2.05) is 4.90 Å². The zero-order valence-electron chi connectivity index (χ0n) is 14.0. The van der Waals surface area contributed by atoms with Gasteiger partial charge in [-0.2, -0.15) is 0 Å². The number of halogens is 1. The first kappa shape index (κ1) is 19.0. The number of amides is 1. The Kier molecular flexibility index (Phi) is 7.14. The van der Waals surface area contributed by atoms with Gasteiger partial charge in [-0.3, -0.25) is 4.79 Å². The Morgan fingerprint density at radius 1 is 1.13 bits per heavy atom. The molecule has 0 aromatic carbocycles. The van der Waals surface area contributed by atoms with E-state index in [4.69, 9.17) is 15.2 Å². The quantitative estimate of drug-likeness (QED) is 0.848. The fourth-order valence-corrected chi connectivity index (χ4v) is 3.94. The lowest BCUT2D eigenvalue weighted by Crippen LogP contribution is -2.55. The van der Waals surface area contributed by atoms with Crippen LogP contribution in [-0.2, 0) is 14.3 Å². The Balaban J connectivity index is 0.00000192. The number of nitrogens with two attached hydrogens (primary N) is 1. The Hall–Kier alpha value is -0.360. The average molecular weight is 347 g/mol. The molecular weight excluding hydrogens is 316 g/mol. The summed E-state index contributed by atoms with van der Waals surface area (Å²) in [7, 11) is 0. The molecule has 3 rings (SSSR count). The van der Waals surface area contributed by atoms with Crippen LogP contribution in [0.25, 0.3) is 0 Å². The second-order valence-electron chi connectivity index (χ2n) is 7.18. The van der Waals surface area contributed by atoms with Gasteiger partial charge in [-0.05, 0) is 44.9 Å². The molecule has 0 radical (unpaired) electrons. The molecule has 5 nitrogen and oxygen atoms in total. The summed E-state index contributed by atoms with van der Waals surface area (Å²) < 4.78 is 11.7. The van der Waals surface area contributed by atoms with Crippen molar-refractivity contribution >= 4 is 18.3 Å². The third-order valence-corrected chi connectivity index (χ3v) is 5.44. The Morgan fingerprint density at radius 3 is 2.43 bits per heavy atom. The molecule has 1 aliphatic carbocycles. The number of nitrogens with zero attached hydrogens (tertiary/aromatic N) is 1. The maximum atomic E-state index is 12.6. The zero-order valence-corrected chi connectivity index (χ0v) is 14.8. The van der Waals surface area contributed by atoms with Gasteiger partial charge in [0.1, 0.15) is 0 Å². The van der Waals surface area contributed by atoms with E-state index in [2.05, 4.69) is 0 Å². The molecule has 2 saturated heterocycles. The molecular formula is C17H31ClN2O3. The van der Waals surface area contributed by atoms with Gasteiger partial charge in [0.25, 0.3) is 0 Å². The van der Waals surface area contributed by atoms with Crippen molar-refractivity contribution in [2.45, 2.75) is 75.5 Å². The maximum Gasteiger partial charge on any atom is 0.242 e.